The zero-order chi connectivity index (χ0) is 20.6. The van der Waals surface area contributed by atoms with Crippen molar-refractivity contribution in [1.82, 2.24) is 20.0 Å². The van der Waals surface area contributed by atoms with Crippen LogP contribution in [0.5, 0.6) is 0 Å². The van der Waals surface area contributed by atoms with Crippen molar-refractivity contribution >= 4 is 17.6 Å². The minimum Gasteiger partial charge on any atom is -0.368 e. The van der Waals surface area contributed by atoms with Crippen molar-refractivity contribution in [3.05, 3.63) is 30.1 Å². The summed E-state index contributed by atoms with van der Waals surface area (Å²) < 4.78 is 13.1. The van der Waals surface area contributed by atoms with Crippen LogP contribution in [0.15, 0.2) is 29.3 Å². The number of carbonyl (C=O) groups is 1. The number of hydrogen-bond donors (Lipinski definition) is 1. The van der Waals surface area contributed by atoms with Gasteiger partial charge in [-0.2, -0.15) is 0 Å². The third-order valence-electron chi connectivity index (χ3n) is 5.60. The molecule has 2 heterocycles. The molecule has 3 rings (SSSR count). The lowest BCUT2D eigenvalue weighted by Crippen LogP contribution is -2.53. The molecule has 0 aliphatic carbocycles. The number of aliphatic imine (C=N–C) groups is 1. The monoisotopic (exact) mass is 404 g/mol. The predicted molar refractivity (Wildman–Crippen MR) is 115 cm³/mol. The highest BCUT2D eigenvalue weighted by atomic mass is 19.1. The molecule has 0 radical (unpaired) electrons. The van der Waals surface area contributed by atoms with Crippen LogP contribution in [0, 0.1) is 5.82 Å². The minimum absolute atomic E-state index is 0.164. The Balaban J connectivity index is 1.47. The molecule has 160 valence electrons. The molecule has 2 aliphatic heterocycles. The van der Waals surface area contributed by atoms with E-state index >= 15 is 0 Å². The second kappa shape index (κ2) is 10.4. The topological polar surface area (TPSA) is 54.4 Å². The summed E-state index contributed by atoms with van der Waals surface area (Å²) in [6, 6.07) is 6.72. The number of benzene rings is 1. The van der Waals surface area contributed by atoms with Crippen LogP contribution >= 0.6 is 0 Å². The van der Waals surface area contributed by atoms with Crippen LogP contribution in [-0.2, 0) is 4.79 Å². The number of amides is 1. The van der Waals surface area contributed by atoms with Gasteiger partial charge in [0.15, 0.2) is 5.96 Å². The van der Waals surface area contributed by atoms with Crippen molar-refractivity contribution in [2.24, 2.45) is 4.99 Å². The molecule has 7 nitrogen and oxygen atoms in total. The van der Waals surface area contributed by atoms with Gasteiger partial charge in [-0.05, 0) is 31.2 Å². The molecule has 0 spiro atoms. The Kier molecular flexibility index (Phi) is 7.69. The molecule has 2 saturated heterocycles. The van der Waals surface area contributed by atoms with Crippen LogP contribution in [-0.4, -0.2) is 98.6 Å². The molecule has 0 unspecified atom stereocenters. The van der Waals surface area contributed by atoms with Gasteiger partial charge in [0.2, 0.25) is 5.91 Å². The van der Waals surface area contributed by atoms with E-state index in [9.17, 15) is 9.18 Å². The maximum absolute atomic E-state index is 13.1. The summed E-state index contributed by atoms with van der Waals surface area (Å²) >= 11 is 0. The number of anilines is 1. The SMILES string of the molecule is CCNC(=NCCN1CCN(C(C)=O)CC1)N1CCN(c2ccc(F)cc2)CC1. The fourth-order valence-corrected chi connectivity index (χ4v) is 3.84. The summed E-state index contributed by atoms with van der Waals surface area (Å²) in [5, 5.41) is 3.41. The molecule has 2 fully saturated rings. The van der Waals surface area contributed by atoms with E-state index in [1.165, 1.54) is 12.1 Å². The molecule has 1 amide bonds. The molecule has 1 aromatic rings. The highest BCUT2D eigenvalue weighted by molar-refractivity contribution is 5.80. The molecule has 0 saturated carbocycles. The van der Waals surface area contributed by atoms with Gasteiger partial charge in [0, 0.05) is 78.1 Å². The third kappa shape index (κ3) is 6.06. The van der Waals surface area contributed by atoms with Gasteiger partial charge in [0.05, 0.1) is 6.54 Å². The molecule has 29 heavy (non-hydrogen) atoms. The summed E-state index contributed by atoms with van der Waals surface area (Å²) in [5.74, 6) is 0.933. The van der Waals surface area contributed by atoms with E-state index in [0.717, 1.165) is 83.6 Å². The number of piperazine rings is 2. The smallest absolute Gasteiger partial charge is 0.219 e. The first-order valence-electron chi connectivity index (χ1n) is 10.6. The average molecular weight is 405 g/mol. The summed E-state index contributed by atoms with van der Waals surface area (Å²) in [6.07, 6.45) is 0. The number of guanidine groups is 1. The molecule has 1 aromatic carbocycles. The lowest BCUT2D eigenvalue weighted by atomic mass is 10.2. The van der Waals surface area contributed by atoms with E-state index in [2.05, 4.69) is 26.9 Å². The van der Waals surface area contributed by atoms with Crippen molar-refractivity contribution in [2.75, 3.05) is 76.9 Å². The number of nitrogens with zero attached hydrogens (tertiary/aromatic N) is 5. The molecular formula is C21H33FN6O. The summed E-state index contributed by atoms with van der Waals surface area (Å²) in [4.78, 5) is 25.1. The Morgan fingerprint density at radius 3 is 2.21 bits per heavy atom. The molecular weight excluding hydrogens is 371 g/mol. The van der Waals surface area contributed by atoms with Crippen molar-refractivity contribution in [3.63, 3.8) is 0 Å². The van der Waals surface area contributed by atoms with Gasteiger partial charge in [0.1, 0.15) is 5.82 Å². The number of carbonyl (C=O) groups excluding carboxylic acids is 1. The van der Waals surface area contributed by atoms with E-state index in [1.807, 2.05) is 17.0 Å². The minimum atomic E-state index is -0.198. The van der Waals surface area contributed by atoms with Crippen LogP contribution < -0.4 is 10.2 Å². The van der Waals surface area contributed by atoms with Gasteiger partial charge in [-0.1, -0.05) is 0 Å². The Hall–Kier alpha value is -2.35. The quantitative estimate of drug-likeness (QED) is 0.588. The first-order valence-corrected chi connectivity index (χ1v) is 10.6. The zero-order valence-electron chi connectivity index (χ0n) is 17.6. The van der Waals surface area contributed by atoms with Crippen LogP contribution in [0.4, 0.5) is 10.1 Å². The van der Waals surface area contributed by atoms with E-state index in [0.29, 0.717) is 0 Å². The second-order valence-corrected chi connectivity index (χ2v) is 7.53. The standard InChI is InChI=1S/C21H33FN6O/c1-3-23-21(24-8-9-25-10-12-26(13-11-25)18(2)29)28-16-14-27(15-17-28)20-6-4-19(22)5-7-20/h4-7H,3,8-17H2,1-2H3,(H,23,24). The zero-order valence-corrected chi connectivity index (χ0v) is 17.6. The summed E-state index contributed by atoms with van der Waals surface area (Å²) in [5.41, 5.74) is 1.07. The van der Waals surface area contributed by atoms with Gasteiger partial charge in [0.25, 0.3) is 0 Å². The number of rotatable bonds is 5. The fourth-order valence-electron chi connectivity index (χ4n) is 3.84. The first-order chi connectivity index (χ1) is 14.1. The van der Waals surface area contributed by atoms with Crippen molar-refractivity contribution in [1.29, 1.82) is 0 Å². The van der Waals surface area contributed by atoms with Gasteiger partial charge in [-0.15, -0.1) is 0 Å². The lowest BCUT2D eigenvalue weighted by molar-refractivity contribution is -0.130. The van der Waals surface area contributed by atoms with Crippen molar-refractivity contribution in [3.8, 4) is 0 Å². The highest BCUT2D eigenvalue weighted by Crippen LogP contribution is 2.17. The van der Waals surface area contributed by atoms with Crippen molar-refractivity contribution in [2.45, 2.75) is 13.8 Å². The van der Waals surface area contributed by atoms with Gasteiger partial charge in [-0.3, -0.25) is 14.7 Å². The molecule has 0 bridgehead atoms. The maximum Gasteiger partial charge on any atom is 0.219 e. The molecule has 0 atom stereocenters. The third-order valence-corrected chi connectivity index (χ3v) is 5.60. The average Bonchev–Trinajstić information content (AvgIpc) is 2.74. The van der Waals surface area contributed by atoms with Crippen LogP contribution in [0.25, 0.3) is 0 Å². The van der Waals surface area contributed by atoms with E-state index in [4.69, 9.17) is 4.99 Å². The maximum atomic E-state index is 13.1. The van der Waals surface area contributed by atoms with Crippen molar-refractivity contribution < 1.29 is 9.18 Å². The molecule has 1 N–H and O–H groups in total. The number of hydrogen-bond acceptors (Lipinski definition) is 4. The lowest BCUT2D eigenvalue weighted by Gasteiger charge is -2.38. The van der Waals surface area contributed by atoms with Crippen LogP contribution in [0.3, 0.4) is 0 Å². The highest BCUT2D eigenvalue weighted by Gasteiger charge is 2.21. The first kappa shape index (κ1) is 21.4. The number of nitrogens with one attached hydrogen (secondary N) is 1. The van der Waals surface area contributed by atoms with E-state index in [-0.39, 0.29) is 11.7 Å². The Bertz CT molecular complexity index is 679. The second-order valence-electron chi connectivity index (χ2n) is 7.53. The number of halogens is 1. The van der Waals surface area contributed by atoms with E-state index in [1.54, 1.807) is 6.92 Å². The fraction of sp³-hybridized carbons (Fsp3) is 0.619. The van der Waals surface area contributed by atoms with Gasteiger partial charge in [-0.25, -0.2) is 4.39 Å². The normalized spacial score (nSPS) is 18.9. The summed E-state index contributed by atoms with van der Waals surface area (Å²) in [6.45, 7) is 13.3. The van der Waals surface area contributed by atoms with Gasteiger partial charge >= 0.3 is 0 Å². The summed E-state index contributed by atoms with van der Waals surface area (Å²) in [7, 11) is 0. The van der Waals surface area contributed by atoms with Crippen LogP contribution in [0.2, 0.25) is 0 Å². The molecule has 0 aromatic heterocycles. The van der Waals surface area contributed by atoms with Crippen LogP contribution in [0.1, 0.15) is 13.8 Å². The Labute approximate surface area is 173 Å². The molecule has 8 heteroatoms. The largest absolute Gasteiger partial charge is 0.368 e. The Morgan fingerprint density at radius 1 is 1.00 bits per heavy atom. The van der Waals surface area contributed by atoms with E-state index < -0.39 is 0 Å². The Morgan fingerprint density at radius 2 is 1.62 bits per heavy atom. The van der Waals surface area contributed by atoms with Gasteiger partial charge < -0.3 is 20.0 Å². The predicted octanol–water partition coefficient (Wildman–Crippen LogP) is 1.08. The molecule has 2 aliphatic rings.